The summed E-state index contributed by atoms with van der Waals surface area (Å²) in [5.74, 6) is 0. The van der Waals surface area contributed by atoms with E-state index in [1.807, 2.05) is 0 Å². The van der Waals surface area contributed by atoms with Crippen LogP contribution in [0.15, 0.2) is 12.2 Å². The fourth-order valence-corrected chi connectivity index (χ4v) is 2.28. The number of hydrogen-bond donors (Lipinski definition) is 0. The summed E-state index contributed by atoms with van der Waals surface area (Å²) in [6.07, 6.45) is 7.46. The van der Waals surface area contributed by atoms with Crippen LogP contribution in [-0.2, 0) is 14.2 Å². The lowest BCUT2D eigenvalue weighted by Crippen LogP contribution is -2.52. The Kier molecular flexibility index (Phi) is 3.21. The van der Waals surface area contributed by atoms with Crippen molar-refractivity contribution in [3.63, 3.8) is 0 Å². The van der Waals surface area contributed by atoms with Gasteiger partial charge < -0.3 is 14.2 Å². The van der Waals surface area contributed by atoms with E-state index >= 15 is 0 Å². The molecule has 0 radical (unpaired) electrons. The van der Waals surface area contributed by atoms with E-state index in [9.17, 15) is 0 Å². The largest absolute Gasteiger partial charge is 0.379 e. The molecule has 2 aliphatic heterocycles. The van der Waals surface area contributed by atoms with Crippen LogP contribution in [0.3, 0.4) is 0 Å². The topological polar surface area (TPSA) is 27.7 Å². The third kappa shape index (κ3) is 1.85. The molecule has 2 aliphatic rings. The molecule has 3 heteroatoms. The number of hydrogen-bond acceptors (Lipinski definition) is 3. The second-order valence-corrected chi connectivity index (χ2v) is 3.94. The smallest absolute Gasteiger partial charge is 0.109 e. The predicted octanol–water partition coefficient (Wildman–Crippen LogP) is 1.53. The summed E-state index contributed by atoms with van der Waals surface area (Å²) in [6.45, 7) is 2.16. The normalized spacial score (nSPS) is 38.5. The van der Waals surface area contributed by atoms with Crippen LogP contribution >= 0.6 is 0 Å². The second kappa shape index (κ2) is 4.43. The SMILES string of the molecule is CO[C@H]1COCC[C@@]12CCC=CCO2. The lowest BCUT2D eigenvalue weighted by Gasteiger charge is -2.42. The average molecular weight is 198 g/mol. The molecule has 0 aromatic carbocycles. The molecule has 2 heterocycles. The van der Waals surface area contributed by atoms with E-state index in [4.69, 9.17) is 14.2 Å². The molecule has 80 valence electrons. The number of allylic oxidation sites excluding steroid dienone is 1. The fourth-order valence-electron chi connectivity index (χ4n) is 2.28. The minimum atomic E-state index is -0.101. The molecule has 14 heavy (non-hydrogen) atoms. The van der Waals surface area contributed by atoms with E-state index in [1.165, 1.54) is 0 Å². The van der Waals surface area contributed by atoms with Crippen molar-refractivity contribution in [2.24, 2.45) is 0 Å². The maximum absolute atomic E-state index is 5.94. The Bertz CT molecular complexity index is 203. The molecule has 0 aliphatic carbocycles. The zero-order valence-electron chi connectivity index (χ0n) is 8.70. The minimum absolute atomic E-state index is 0.0937. The Labute approximate surface area is 85.0 Å². The van der Waals surface area contributed by atoms with Gasteiger partial charge in [0.15, 0.2) is 0 Å². The summed E-state index contributed by atoms with van der Waals surface area (Å²) in [4.78, 5) is 0. The Morgan fingerprint density at radius 2 is 2.29 bits per heavy atom. The van der Waals surface area contributed by atoms with Crippen molar-refractivity contribution in [1.29, 1.82) is 0 Å². The van der Waals surface area contributed by atoms with Crippen LogP contribution < -0.4 is 0 Å². The third-order valence-electron chi connectivity index (χ3n) is 3.18. The lowest BCUT2D eigenvalue weighted by molar-refractivity contribution is -0.188. The van der Waals surface area contributed by atoms with Gasteiger partial charge in [0.1, 0.15) is 6.10 Å². The van der Waals surface area contributed by atoms with Crippen molar-refractivity contribution >= 4 is 0 Å². The summed E-state index contributed by atoms with van der Waals surface area (Å²) >= 11 is 0. The second-order valence-electron chi connectivity index (χ2n) is 3.94. The number of rotatable bonds is 1. The van der Waals surface area contributed by atoms with Gasteiger partial charge in [0.25, 0.3) is 0 Å². The van der Waals surface area contributed by atoms with Crippen molar-refractivity contribution in [3.05, 3.63) is 12.2 Å². The zero-order valence-corrected chi connectivity index (χ0v) is 8.70. The van der Waals surface area contributed by atoms with Gasteiger partial charge in [-0.3, -0.25) is 0 Å². The highest BCUT2D eigenvalue weighted by molar-refractivity contribution is 4.98. The Balaban J connectivity index is 2.09. The van der Waals surface area contributed by atoms with E-state index < -0.39 is 0 Å². The predicted molar refractivity (Wildman–Crippen MR) is 53.3 cm³/mol. The van der Waals surface area contributed by atoms with Crippen LogP contribution in [0.2, 0.25) is 0 Å². The van der Waals surface area contributed by atoms with Crippen LogP contribution in [0, 0.1) is 0 Å². The fraction of sp³-hybridized carbons (Fsp3) is 0.818. The van der Waals surface area contributed by atoms with Crippen molar-refractivity contribution < 1.29 is 14.2 Å². The Morgan fingerprint density at radius 3 is 3.14 bits per heavy atom. The molecule has 1 spiro atoms. The molecule has 0 bridgehead atoms. The molecular weight excluding hydrogens is 180 g/mol. The molecule has 0 unspecified atom stereocenters. The summed E-state index contributed by atoms with van der Waals surface area (Å²) in [5.41, 5.74) is -0.101. The van der Waals surface area contributed by atoms with Crippen LogP contribution in [0.5, 0.6) is 0 Å². The van der Waals surface area contributed by atoms with Gasteiger partial charge in [0.2, 0.25) is 0 Å². The molecule has 0 aromatic rings. The van der Waals surface area contributed by atoms with Crippen LogP contribution in [0.25, 0.3) is 0 Å². The average Bonchev–Trinajstić information content (AvgIpc) is 2.45. The van der Waals surface area contributed by atoms with Crippen LogP contribution in [0.1, 0.15) is 19.3 Å². The van der Waals surface area contributed by atoms with E-state index in [0.29, 0.717) is 13.2 Å². The first kappa shape index (κ1) is 10.1. The standard InChI is InChI=1S/C11H18O3/c1-12-10-9-13-8-6-11(10)5-3-2-4-7-14-11/h2,4,10H,3,5-9H2,1H3/t10-,11-/m0/s1. The first-order valence-corrected chi connectivity index (χ1v) is 5.27. The Morgan fingerprint density at radius 1 is 1.36 bits per heavy atom. The first-order valence-electron chi connectivity index (χ1n) is 5.27. The molecule has 1 saturated heterocycles. The van der Waals surface area contributed by atoms with Crippen molar-refractivity contribution in [3.8, 4) is 0 Å². The zero-order chi connectivity index (χ0) is 9.86. The summed E-state index contributed by atoms with van der Waals surface area (Å²) in [5, 5.41) is 0. The molecule has 2 rings (SSSR count). The highest BCUT2D eigenvalue weighted by atomic mass is 16.6. The minimum Gasteiger partial charge on any atom is -0.379 e. The molecule has 0 aromatic heterocycles. The molecule has 1 fully saturated rings. The van der Waals surface area contributed by atoms with Crippen molar-refractivity contribution in [2.75, 3.05) is 26.9 Å². The summed E-state index contributed by atoms with van der Waals surface area (Å²) in [6, 6.07) is 0. The van der Waals surface area contributed by atoms with E-state index in [1.54, 1.807) is 7.11 Å². The van der Waals surface area contributed by atoms with Gasteiger partial charge in [-0.2, -0.15) is 0 Å². The highest BCUT2D eigenvalue weighted by Gasteiger charge is 2.42. The highest BCUT2D eigenvalue weighted by Crippen LogP contribution is 2.33. The third-order valence-corrected chi connectivity index (χ3v) is 3.18. The van der Waals surface area contributed by atoms with Gasteiger partial charge in [0.05, 0.1) is 18.8 Å². The van der Waals surface area contributed by atoms with E-state index in [0.717, 1.165) is 25.9 Å². The Hall–Kier alpha value is -0.380. The summed E-state index contributed by atoms with van der Waals surface area (Å²) in [7, 11) is 1.74. The monoisotopic (exact) mass is 198 g/mol. The van der Waals surface area contributed by atoms with E-state index in [-0.39, 0.29) is 11.7 Å². The molecule has 2 atom stereocenters. The van der Waals surface area contributed by atoms with Gasteiger partial charge in [-0.15, -0.1) is 0 Å². The molecule has 0 amide bonds. The molecule has 0 N–H and O–H groups in total. The number of ether oxygens (including phenoxy) is 3. The number of methoxy groups -OCH3 is 1. The quantitative estimate of drug-likeness (QED) is 0.598. The van der Waals surface area contributed by atoms with Crippen molar-refractivity contribution in [1.82, 2.24) is 0 Å². The molecule has 0 saturated carbocycles. The van der Waals surface area contributed by atoms with Gasteiger partial charge in [-0.1, -0.05) is 12.2 Å². The van der Waals surface area contributed by atoms with Crippen LogP contribution in [-0.4, -0.2) is 38.6 Å². The summed E-state index contributed by atoms with van der Waals surface area (Å²) < 4.78 is 16.8. The van der Waals surface area contributed by atoms with Crippen LogP contribution in [0.4, 0.5) is 0 Å². The van der Waals surface area contributed by atoms with E-state index in [2.05, 4.69) is 12.2 Å². The lowest BCUT2D eigenvalue weighted by atomic mass is 9.86. The van der Waals surface area contributed by atoms with Gasteiger partial charge in [-0.25, -0.2) is 0 Å². The first-order chi connectivity index (χ1) is 6.87. The maximum atomic E-state index is 5.94. The molecular formula is C11H18O3. The van der Waals surface area contributed by atoms with Crippen molar-refractivity contribution in [2.45, 2.75) is 31.0 Å². The van der Waals surface area contributed by atoms with Gasteiger partial charge in [0, 0.05) is 20.1 Å². The van der Waals surface area contributed by atoms with Gasteiger partial charge in [-0.05, 0) is 12.8 Å². The molecule has 3 nitrogen and oxygen atoms in total. The maximum Gasteiger partial charge on any atom is 0.109 e. The van der Waals surface area contributed by atoms with Gasteiger partial charge >= 0.3 is 0 Å².